The van der Waals surface area contributed by atoms with Crippen LogP contribution in [0.15, 0.2) is 18.3 Å². The van der Waals surface area contributed by atoms with Gasteiger partial charge in [0.15, 0.2) is 0 Å². The number of aliphatic hydroxyl groups excluding tert-OH is 1. The fraction of sp³-hybridized carbons (Fsp3) is 0.643. The van der Waals surface area contributed by atoms with E-state index in [1.54, 1.807) is 6.20 Å². The molecule has 0 aliphatic heterocycles. The molecule has 90 valence electrons. The largest absolute Gasteiger partial charge is 0.387 e. The molecule has 0 radical (unpaired) electrons. The molecule has 1 unspecified atom stereocenters. The Kier molecular flexibility index (Phi) is 6.09. The van der Waals surface area contributed by atoms with Gasteiger partial charge in [0.1, 0.15) is 0 Å². The number of aryl methyl sites for hydroxylation is 1. The summed E-state index contributed by atoms with van der Waals surface area (Å²) >= 11 is 0. The zero-order chi connectivity index (χ0) is 11.8. The fourth-order valence-electron chi connectivity index (χ4n) is 1.92. The van der Waals surface area contributed by atoms with Gasteiger partial charge in [-0.1, -0.05) is 45.1 Å². The Morgan fingerprint density at radius 3 is 2.69 bits per heavy atom. The van der Waals surface area contributed by atoms with Crippen molar-refractivity contribution in [2.24, 2.45) is 0 Å². The number of nitrogens with zero attached hydrogens (tertiary/aromatic N) is 1. The lowest BCUT2D eigenvalue weighted by Gasteiger charge is -2.11. The number of aromatic nitrogens is 1. The summed E-state index contributed by atoms with van der Waals surface area (Å²) in [6.45, 7) is 4.22. The van der Waals surface area contributed by atoms with Crippen LogP contribution in [0.1, 0.15) is 62.8 Å². The molecule has 0 spiro atoms. The molecule has 1 heterocycles. The van der Waals surface area contributed by atoms with Crippen molar-refractivity contribution in [3.63, 3.8) is 0 Å². The molecule has 16 heavy (non-hydrogen) atoms. The van der Waals surface area contributed by atoms with Crippen LogP contribution in [0.3, 0.4) is 0 Å². The van der Waals surface area contributed by atoms with Gasteiger partial charge in [0.2, 0.25) is 0 Å². The topological polar surface area (TPSA) is 33.1 Å². The zero-order valence-electron chi connectivity index (χ0n) is 10.4. The monoisotopic (exact) mass is 221 g/mol. The Bertz CT molecular complexity index is 299. The Hall–Kier alpha value is -0.890. The normalized spacial score (nSPS) is 12.7. The highest BCUT2D eigenvalue weighted by molar-refractivity contribution is 5.19. The number of pyridine rings is 1. The highest BCUT2D eigenvalue weighted by atomic mass is 16.3. The van der Waals surface area contributed by atoms with E-state index in [9.17, 15) is 5.11 Å². The number of unbranched alkanes of at least 4 members (excludes halogenated alkanes) is 4. The molecule has 0 aromatic carbocycles. The van der Waals surface area contributed by atoms with Gasteiger partial charge in [-0.05, 0) is 25.0 Å². The Morgan fingerprint density at radius 2 is 2.00 bits per heavy atom. The molecule has 2 heteroatoms. The van der Waals surface area contributed by atoms with Gasteiger partial charge in [0.25, 0.3) is 0 Å². The van der Waals surface area contributed by atoms with Crippen molar-refractivity contribution in [3.05, 3.63) is 29.6 Å². The van der Waals surface area contributed by atoms with E-state index >= 15 is 0 Å². The van der Waals surface area contributed by atoms with E-state index in [0.717, 1.165) is 24.1 Å². The minimum absolute atomic E-state index is 0.386. The summed E-state index contributed by atoms with van der Waals surface area (Å²) < 4.78 is 0. The van der Waals surface area contributed by atoms with E-state index in [1.807, 2.05) is 19.1 Å². The summed E-state index contributed by atoms with van der Waals surface area (Å²) in [7, 11) is 0. The van der Waals surface area contributed by atoms with Crippen LogP contribution in [-0.2, 0) is 0 Å². The van der Waals surface area contributed by atoms with E-state index in [4.69, 9.17) is 0 Å². The number of hydrogen-bond donors (Lipinski definition) is 1. The summed E-state index contributed by atoms with van der Waals surface area (Å²) in [6.07, 6.45) is 8.37. The third kappa shape index (κ3) is 4.31. The van der Waals surface area contributed by atoms with Crippen molar-refractivity contribution in [2.75, 3.05) is 0 Å². The first-order valence-corrected chi connectivity index (χ1v) is 6.35. The van der Waals surface area contributed by atoms with Gasteiger partial charge >= 0.3 is 0 Å². The van der Waals surface area contributed by atoms with Crippen molar-refractivity contribution >= 4 is 0 Å². The predicted molar refractivity (Wildman–Crippen MR) is 67.3 cm³/mol. The van der Waals surface area contributed by atoms with Gasteiger partial charge in [0.05, 0.1) is 11.8 Å². The lowest BCUT2D eigenvalue weighted by Crippen LogP contribution is -2.02. The van der Waals surface area contributed by atoms with Gasteiger partial charge in [-0.15, -0.1) is 0 Å². The van der Waals surface area contributed by atoms with E-state index < -0.39 is 0 Å². The molecule has 2 nitrogen and oxygen atoms in total. The van der Waals surface area contributed by atoms with Crippen molar-refractivity contribution in [1.29, 1.82) is 0 Å². The van der Waals surface area contributed by atoms with E-state index in [1.165, 1.54) is 25.7 Å². The SMILES string of the molecule is CCCCCCCC(O)c1ncccc1C. The average Bonchev–Trinajstić information content (AvgIpc) is 2.29. The van der Waals surface area contributed by atoms with E-state index in [2.05, 4.69) is 11.9 Å². The highest BCUT2D eigenvalue weighted by Gasteiger charge is 2.10. The first-order valence-electron chi connectivity index (χ1n) is 6.35. The standard InChI is InChI=1S/C14H23NO/c1-3-4-5-6-7-10-13(16)14-12(2)9-8-11-15-14/h8-9,11,13,16H,3-7,10H2,1-2H3. The van der Waals surface area contributed by atoms with Gasteiger partial charge in [0, 0.05) is 6.20 Å². The zero-order valence-corrected chi connectivity index (χ0v) is 10.4. The molecular formula is C14H23NO. The van der Waals surface area contributed by atoms with Gasteiger partial charge in [-0.25, -0.2) is 0 Å². The van der Waals surface area contributed by atoms with Crippen LogP contribution >= 0.6 is 0 Å². The summed E-state index contributed by atoms with van der Waals surface area (Å²) in [5, 5.41) is 10.00. The van der Waals surface area contributed by atoms with Crippen LogP contribution in [0.25, 0.3) is 0 Å². The molecule has 0 aliphatic rings. The van der Waals surface area contributed by atoms with E-state index in [-0.39, 0.29) is 6.10 Å². The fourth-order valence-corrected chi connectivity index (χ4v) is 1.92. The van der Waals surface area contributed by atoms with Crippen molar-refractivity contribution in [3.8, 4) is 0 Å². The van der Waals surface area contributed by atoms with Crippen molar-refractivity contribution in [2.45, 2.75) is 58.5 Å². The quantitative estimate of drug-likeness (QED) is 0.711. The summed E-state index contributed by atoms with van der Waals surface area (Å²) in [5.74, 6) is 0. The van der Waals surface area contributed by atoms with Crippen LogP contribution in [0.4, 0.5) is 0 Å². The number of hydrogen-bond acceptors (Lipinski definition) is 2. The molecule has 1 aromatic rings. The Morgan fingerprint density at radius 1 is 1.25 bits per heavy atom. The lowest BCUT2D eigenvalue weighted by atomic mass is 10.0. The first kappa shape index (κ1) is 13.2. The van der Waals surface area contributed by atoms with Crippen LogP contribution in [-0.4, -0.2) is 10.1 Å². The van der Waals surface area contributed by atoms with Gasteiger partial charge in [-0.3, -0.25) is 4.98 Å². The maximum Gasteiger partial charge on any atom is 0.0962 e. The van der Waals surface area contributed by atoms with Crippen LogP contribution < -0.4 is 0 Å². The molecule has 0 aliphatic carbocycles. The maximum absolute atomic E-state index is 10.00. The molecule has 1 aromatic heterocycles. The molecule has 1 N–H and O–H groups in total. The summed E-state index contributed by atoms with van der Waals surface area (Å²) in [6, 6.07) is 3.91. The van der Waals surface area contributed by atoms with Crippen LogP contribution in [0, 0.1) is 6.92 Å². The van der Waals surface area contributed by atoms with E-state index in [0.29, 0.717) is 0 Å². The minimum atomic E-state index is -0.386. The highest BCUT2D eigenvalue weighted by Crippen LogP contribution is 2.20. The minimum Gasteiger partial charge on any atom is -0.387 e. The molecule has 0 amide bonds. The molecule has 0 saturated carbocycles. The molecule has 1 atom stereocenters. The Labute approximate surface area is 98.7 Å². The number of rotatable bonds is 7. The third-order valence-electron chi connectivity index (χ3n) is 2.95. The number of aliphatic hydroxyl groups is 1. The second-order valence-corrected chi connectivity index (χ2v) is 4.42. The second kappa shape index (κ2) is 7.39. The second-order valence-electron chi connectivity index (χ2n) is 4.42. The van der Waals surface area contributed by atoms with Crippen LogP contribution in [0.2, 0.25) is 0 Å². The maximum atomic E-state index is 10.00. The Balaban J connectivity index is 2.30. The van der Waals surface area contributed by atoms with Crippen LogP contribution in [0.5, 0.6) is 0 Å². The predicted octanol–water partition coefficient (Wildman–Crippen LogP) is 3.78. The summed E-state index contributed by atoms with van der Waals surface area (Å²) in [5.41, 5.74) is 1.93. The molecule has 0 fully saturated rings. The molecule has 1 rings (SSSR count). The molecular weight excluding hydrogens is 198 g/mol. The summed E-state index contributed by atoms with van der Waals surface area (Å²) in [4.78, 5) is 4.24. The van der Waals surface area contributed by atoms with Gasteiger partial charge in [-0.2, -0.15) is 0 Å². The molecule has 0 saturated heterocycles. The third-order valence-corrected chi connectivity index (χ3v) is 2.95. The van der Waals surface area contributed by atoms with Crippen molar-refractivity contribution in [1.82, 2.24) is 4.98 Å². The average molecular weight is 221 g/mol. The lowest BCUT2D eigenvalue weighted by molar-refractivity contribution is 0.158. The van der Waals surface area contributed by atoms with Gasteiger partial charge < -0.3 is 5.11 Å². The smallest absolute Gasteiger partial charge is 0.0962 e. The molecule has 0 bridgehead atoms. The van der Waals surface area contributed by atoms with Crippen molar-refractivity contribution < 1.29 is 5.11 Å². The first-order chi connectivity index (χ1) is 7.75.